The maximum Gasteiger partial charge on any atom is 0.286 e. The van der Waals surface area contributed by atoms with Gasteiger partial charge in [-0.1, -0.05) is 30.0 Å². The molecule has 1 aromatic carbocycles. The molecule has 0 spiro atoms. The summed E-state index contributed by atoms with van der Waals surface area (Å²) in [7, 11) is -1.25. The monoisotopic (exact) mass is 328 g/mol. The van der Waals surface area contributed by atoms with Crippen molar-refractivity contribution in [3.05, 3.63) is 59.9 Å². The van der Waals surface area contributed by atoms with Crippen molar-refractivity contribution in [2.24, 2.45) is 4.36 Å². The number of carbonyl (C=O) groups is 1. The van der Waals surface area contributed by atoms with Gasteiger partial charge in [-0.25, -0.2) is 4.21 Å². The van der Waals surface area contributed by atoms with Crippen LogP contribution in [0, 0.1) is 11.8 Å². The highest BCUT2D eigenvalue weighted by atomic mass is 32.2. The maximum absolute atomic E-state index is 12.6. The molecule has 1 unspecified atom stereocenters. The Bertz CT molecular complexity index is 873. The highest BCUT2D eigenvalue weighted by Gasteiger charge is 2.11. The lowest BCUT2D eigenvalue weighted by Crippen LogP contribution is -2.04. The van der Waals surface area contributed by atoms with Gasteiger partial charge in [0.25, 0.3) is 5.91 Å². The molecule has 1 amide bonds. The Hall–Kier alpha value is -2.49. The minimum absolute atomic E-state index is 0.250. The number of amides is 1. The van der Waals surface area contributed by atoms with Crippen molar-refractivity contribution in [3.63, 3.8) is 0 Å². The standard InChI is InChI=1S/C17H16N2O3S/c1-22-10-6-7-14-11-15(13-18-12-14)17(20)19-23(2,21)16-8-4-3-5-9-16/h3-5,8-9,11-13H,10H2,1-2H3. The summed E-state index contributed by atoms with van der Waals surface area (Å²) < 4.78 is 21.3. The van der Waals surface area contributed by atoms with Gasteiger partial charge in [-0.3, -0.25) is 9.78 Å². The molecule has 6 heteroatoms. The molecule has 2 aromatic rings. The molecule has 0 bridgehead atoms. The molecule has 23 heavy (non-hydrogen) atoms. The summed E-state index contributed by atoms with van der Waals surface area (Å²) in [5, 5.41) is 0. The van der Waals surface area contributed by atoms with E-state index in [0.717, 1.165) is 0 Å². The summed E-state index contributed by atoms with van der Waals surface area (Å²) in [6, 6.07) is 10.3. The summed E-state index contributed by atoms with van der Waals surface area (Å²) in [5.74, 6) is 5.03. The first-order valence-corrected chi connectivity index (χ1v) is 8.69. The third kappa shape index (κ3) is 4.74. The van der Waals surface area contributed by atoms with Crippen LogP contribution < -0.4 is 0 Å². The zero-order valence-corrected chi connectivity index (χ0v) is 13.7. The van der Waals surface area contributed by atoms with Gasteiger partial charge in [-0.2, -0.15) is 4.36 Å². The minimum Gasteiger partial charge on any atom is -0.372 e. The van der Waals surface area contributed by atoms with E-state index in [1.165, 1.54) is 12.5 Å². The topological polar surface area (TPSA) is 68.6 Å². The lowest BCUT2D eigenvalue weighted by molar-refractivity contribution is 0.100. The zero-order valence-electron chi connectivity index (χ0n) is 12.9. The Labute approximate surface area is 135 Å². The van der Waals surface area contributed by atoms with Gasteiger partial charge in [0.05, 0.1) is 15.3 Å². The van der Waals surface area contributed by atoms with Crippen LogP contribution in [0.1, 0.15) is 15.9 Å². The lowest BCUT2D eigenvalue weighted by Gasteiger charge is -2.03. The van der Waals surface area contributed by atoms with Crippen molar-refractivity contribution in [1.29, 1.82) is 0 Å². The second kappa shape index (κ2) is 7.68. The van der Waals surface area contributed by atoms with Gasteiger partial charge in [-0.05, 0) is 18.2 Å². The van der Waals surface area contributed by atoms with E-state index in [1.807, 2.05) is 6.07 Å². The molecule has 0 N–H and O–H groups in total. The quantitative estimate of drug-likeness (QED) is 0.811. The highest BCUT2D eigenvalue weighted by Crippen LogP contribution is 2.13. The molecule has 0 aliphatic heterocycles. The summed E-state index contributed by atoms with van der Waals surface area (Å²) in [6.07, 6.45) is 4.36. The number of methoxy groups -OCH3 is 1. The fraction of sp³-hybridized carbons (Fsp3) is 0.176. The molecule has 0 aliphatic carbocycles. The number of rotatable bonds is 3. The van der Waals surface area contributed by atoms with Crippen molar-refractivity contribution < 1.29 is 13.7 Å². The van der Waals surface area contributed by atoms with Crippen molar-refractivity contribution in [3.8, 4) is 11.8 Å². The zero-order chi connectivity index (χ0) is 16.7. The van der Waals surface area contributed by atoms with Gasteiger partial charge in [0, 0.05) is 36.2 Å². The Morgan fingerprint density at radius 3 is 2.74 bits per heavy atom. The van der Waals surface area contributed by atoms with Crippen LogP contribution in [0.15, 0.2) is 58.1 Å². The van der Waals surface area contributed by atoms with Crippen LogP contribution in [-0.2, 0) is 14.5 Å². The Kier molecular flexibility index (Phi) is 5.63. The van der Waals surface area contributed by atoms with Crippen LogP contribution >= 0.6 is 0 Å². The SMILES string of the molecule is COCC#Cc1cncc(C(=O)N=S(C)(=O)c2ccccc2)c1. The van der Waals surface area contributed by atoms with E-state index in [4.69, 9.17) is 4.74 Å². The molecule has 5 nitrogen and oxygen atoms in total. The van der Waals surface area contributed by atoms with Crippen molar-refractivity contribution in [2.75, 3.05) is 20.0 Å². The molecule has 2 rings (SSSR count). The van der Waals surface area contributed by atoms with Crippen molar-refractivity contribution in [2.45, 2.75) is 4.90 Å². The molecule has 1 aromatic heterocycles. The maximum atomic E-state index is 12.6. The smallest absolute Gasteiger partial charge is 0.286 e. The van der Waals surface area contributed by atoms with E-state index >= 15 is 0 Å². The van der Waals surface area contributed by atoms with Gasteiger partial charge in [-0.15, -0.1) is 0 Å². The molecule has 118 valence electrons. The van der Waals surface area contributed by atoms with Crippen LogP contribution in [0.4, 0.5) is 0 Å². The number of nitrogens with zero attached hydrogens (tertiary/aromatic N) is 2. The number of aromatic nitrogens is 1. The highest BCUT2D eigenvalue weighted by molar-refractivity contribution is 7.93. The predicted molar refractivity (Wildman–Crippen MR) is 88.5 cm³/mol. The summed E-state index contributed by atoms with van der Waals surface area (Å²) in [4.78, 5) is 16.7. The number of hydrogen-bond donors (Lipinski definition) is 0. The molecule has 1 atom stereocenters. The summed E-state index contributed by atoms with van der Waals surface area (Å²) >= 11 is 0. The molecule has 1 heterocycles. The summed E-state index contributed by atoms with van der Waals surface area (Å²) in [5.41, 5.74) is 0.824. The molecule has 0 fully saturated rings. The van der Waals surface area contributed by atoms with Gasteiger partial charge in [0.15, 0.2) is 0 Å². The second-order valence-electron chi connectivity index (χ2n) is 4.71. The molecular weight excluding hydrogens is 312 g/mol. The largest absolute Gasteiger partial charge is 0.372 e. The average molecular weight is 328 g/mol. The van der Waals surface area contributed by atoms with E-state index in [-0.39, 0.29) is 5.56 Å². The molecular formula is C17H16N2O3S. The normalized spacial score (nSPS) is 12.6. The molecule has 0 aliphatic rings. The minimum atomic E-state index is -2.80. The molecule has 0 radical (unpaired) electrons. The van der Waals surface area contributed by atoms with Crippen LogP contribution in [-0.4, -0.2) is 35.1 Å². The number of pyridine rings is 1. The average Bonchev–Trinajstić information content (AvgIpc) is 2.56. The van der Waals surface area contributed by atoms with Gasteiger partial charge in [0.1, 0.15) is 6.61 Å². The molecule has 0 saturated heterocycles. The van der Waals surface area contributed by atoms with Gasteiger partial charge >= 0.3 is 0 Å². The van der Waals surface area contributed by atoms with Crippen LogP contribution in [0.3, 0.4) is 0 Å². The fourth-order valence-electron chi connectivity index (χ4n) is 1.77. The number of benzene rings is 1. The van der Waals surface area contributed by atoms with E-state index < -0.39 is 15.6 Å². The first kappa shape index (κ1) is 16.9. The van der Waals surface area contributed by atoms with E-state index in [0.29, 0.717) is 17.1 Å². The van der Waals surface area contributed by atoms with Crippen LogP contribution in [0.5, 0.6) is 0 Å². The lowest BCUT2D eigenvalue weighted by atomic mass is 10.2. The van der Waals surface area contributed by atoms with Gasteiger partial charge < -0.3 is 4.74 Å². The van der Waals surface area contributed by atoms with Crippen molar-refractivity contribution in [1.82, 2.24) is 4.98 Å². The Morgan fingerprint density at radius 2 is 2.04 bits per heavy atom. The van der Waals surface area contributed by atoms with Gasteiger partial charge in [0.2, 0.25) is 0 Å². The van der Waals surface area contributed by atoms with E-state index in [9.17, 15) is 9.00 Å². The van der Waals surface area contributed by atoms with Crippen LogP contribution in [0.25, 0.3) is 0 Å². The van der Waals surface area contributed by atoms with Crippen molar-refractivity contribution >= 4 is 15.6 Å². The predicted octanol–water partition coefficient (Wildman–Crippen LogP) is 2.38. The number of carbonyl (C=O) groups excluding carboxylic acids is 1. The molecule has 0 saturated carbocycles. The van der Waals surface area contributed by atoms with E-state index in [1.54, 1.807) is 43.6 Å². The Morgan fingerprint density at radius 1 is 1.30 bits per heavy atom. The third-order valence-electron chi connectivity index (χ3n) is 2.87. The summed E-state index contributed by atoms with van der Waals surface area (Å²) in [6.45, 7) is 0.291. The van der Waals surface area contributed by atoms with Crippen LogP contribution in [0.2, 0.25) is 0 Å². The van der Waals surface area contributed by atoms with E-state index in [2.05, 4.69) is 21.2 Å². The first-order valence-electron chi connectivity index (χ1n) is 6.77. The number of hydrogen-bond acceptors (Lipinski definition) is 4. The fourth-order valence-corrected chi connectivity index (χ4v) is 2.96. The number of ether oxygens (including phenoxy) is 1. The Balaban J connectivity index is 2.31. The second-order valence-corrected chi connectivity index (χ2v) is 6.97. The first-order chi connectivity index (χ1) is 11.0. The third-order valence-corrected chi connectivity index (χ3v) is 4.53.